The summed E-state index contributed by atoms with van der Waals surface area (Å²) in [6.45, 7) is 1.34. The van der Waals surface area contributed by atoms with E-state index in [1.807, 2.05) is 32.3 Å². The second kappa shape index (κ2) is 8.25. The molecule has 0 amide bonds. The minimum atomic E-state index is 0.241. The van der Waals surface area contributed by atoms with Crippen LogP contribution in [-0.2, 0) is 4.74 Å². The van der Waals surface area contributed by atoms with E-state index >= 15 is 0 Å². The monoisotopic (exact) mass is 285 g/mol. The van der Waals surface area contributed by atoms with Crippen molar-refractivity contribution in [3.63, 3.8) is 0 Å². The quantitative estimate of drug-likeness (QED) is 0.771. The Kier molecular flexibility index (Phi) is 6.99. The Bertz CT molecular complexity index is 385. The van der Waals surface area contributed by atoms with Crippen LogP contribution in [0.3, 0.4) is 0 Å². The fraction of sp³-hybridized carbons (Fsp3) is 0.571. The van der Waals surface area contributed by atoms with Gasteiger partial charge in [0.2, 0.25) is 0 Å². The van der Waals surface area contributed by atoms with E-state index in [2.05, 4.69) is 10.2 Å². The molecule has 1 unspecified atom stereocenters. The minimum absolute atomic E-state index is 0.241. The SMILES string of the molecule is COCC(CCCN)Nc1cc(Cl)ccc1N(C)C. The summed E-state index contributed by atoms with van der Waals surface area (Å²) in [5.41, 5.74) is 7.70. The molecule has 0 saturated heterocycles. The first-order chi connectivity index (χ1) is 9.08. The molecule has 0 aliphatic rings. The third kappa shape index (κ3) is 5.27. The average Bonchev–Trinajstić information content (AvgIpc) is 2.36. The Morgan fingerprint density at radius 3 is 2.74 bits per heavy atom. The van der Waals surface area contributed by atoms with Gasteiger partial charge in [-0.05, 0) is 37.6 Å². The van der Waals surface area contributed by atoms with Crippen LogP contribution in [0.4, 0.5) is 11.4 Å². The molecular weight excluding hydrogens is 262 g/mol. The van der Waals surface area contributed by atoms with Crippen molar-refractivity contribution in [1.29, 1.82) is 0 Å². The van der Waals surface area contributed by atoms with Gasteiger partial charge in [0.15, 0.2) is 0 Å². The maximum Gasteiger partial charge on any atom is 0.0664 e. The second-order valence-electron chi connectivity index (χ2n) is 4.78. The Labute approximate surface area is 120 Å². The van der Waals surface area contributed by atoms with Gasteiger partial charge in [0.25, 0.3) is 0 Å². The second-order valence-corrected chi connectivity index (χ2v) is 5.22. The summed E-state index contributed by atoms with van der Waals surface area (Å²) in [4.78, 5) is 2.06. The van der Waals surface area contributed by atoms with Gasteiger partial charge in [-0.25, -0.2) is 0 Å². The zero-order valence-electron chi connectivity index (χ0n) is 11.9. The number of methoxy groups -OCH3 is 1. The van der Waals surface area contributed by atoms with Crippen LogP contribution in [0.25, 0.3) is 0 Å². The van der Waals surface area contributed by atoms with Gasteiger partial charge >= 0.3 is 0 Å². The first-order valence-electron chi connectivity index (χ1n) is 6.51. The van der Waals surface area contributed by atoms with Crippen LogP contribution >= 0.6 is 11.6 Å². The van der Waals surface area contributed by atoms with E-state index < -0.39 is 0 Å². The number of hydrogen-bond acceptors (Lipinski definition) is 4. The first-order valence-corrected chi connectivity index (χ1v) is 6.88. The van der Waals surface area contributed by atoms with Crippen LogP contribution in [-0.4, -0.2) is 40.4 Å². The highest BCUT2D eigenvalue weighted by Gasteiger charge is 2.12. The van der Waals surface area contributed by atoms with Crippen molar-refractivity contribution in [3.8, 4) is 0 Å². The Morgan fingerprint density at radius 2 is 2.16 bits per heavy atom. The first kappa shape index (κ1) is 16.1. The third-order valence-electron chi connectivity index (χ3n) is 2.92. The topological polar surface area (TPSA) is 50.5 Å². The molecule has 0 bridgehead atoms. The predicted octanol–water partition coefficient (Wildman–Crippen LogP) is 2.57. The van der Waals surface area contributed by atoms with E-state index in [1.54, 1.807) is 7.11 Å². The molecule has 0 aromatic heterocycles. The van der Waals surface area contributed by atoms with E-state index in [-0.39, 0.29) is 6.04 Å². The lowest BCUT2D eigenvalue weighted by Gasteiger charge is -2.24. The summed E-state index contributed by atoms with van der Waals surface area (Å²) >= 11 is 6.08. The van der Waals surface area contributed by atoms with Crippen LogP contribution in [0.15, 0.2) is 18.2 Å². The van der Waals surface area contributed by atoms with Crippen LogP contribution in [0, 0.1) is 0 Å². The zero-order valence-corrected chi connectivity index (χ0v) is 12.7. The molecule has 0 spiro atoms. The number of nitrogens with two attached hydrogens (primary N) is 1. The Balaban J connectivity index is 2.84. The van der Waals surface area contributed by atoms with Gasteiger partial charge in [0.05, 0.1) is 18.0 Å². The largest absolute Gasteiger partial charge is 0.383 e. The molecule has 1 aromatic carbocycles. The molecule has 108 valence electrons. The number of nitrogens with zero attached hydrogens (tertiary/aromatic N) is 1. The third-order valence-corrected chi connectivity index (χ3v) is 3.16. The van der Waals surface area contributed by atoms with Crippen molar-refractivity contribution in [2.24, 2.45) is 5.73 Å². The van der Waals surface area contributed by atoms with Crippen molar-refractivity contribution >= 4 is 23.0 Å². The summed E-state index contributed by atoms with van der Waals surface area (Å²) in [5.74, 6) is 0. The molecule has 0 aliphatic heterocycles. The van der Waals surface area contributed by atoms with Gasteiger partial charge in [-0.3, -0.25) is 0 Å². The van der Waals surface area contributed by atoms with E-state index in [0.717, 1.165) is 29.2 Å². The van der Waals surface area contributed by atoms with Crippen molar-refractivity contribution in [3.05, 3.63) is 23.2 Å². The number of anilines is 2. The number of halogens is 1. The van der Waals surface area contributed by atoms with Gasteiger partial charge in [0.1, 0.15) is 0 Å². The van der Waals surface area contributed by atoms with Crippen molar-refractivity contribution in [1.82, 2.24) is 0 Å². The molecule has 4 nitrogen and oxygen atoms in total. The van der Waals surface area contributed by atoms with Gasteiger partial charge in [0, 0.05) is 32.3 Å². The maximum atomic E-state index is 6.08. The summed E-state index contributed by atoms with van der Waals surface area (Å²) in [6.07, 6.45) is 1.95. The van der Waals surface area contributed by atoms with Crippen LogP contribution in [0.5, 0.6) is 0 Å². The number of benzene rings is 1. The molecule has 0 radical (unpaired) electrons. The van der Waals surface area contributed by atoms with Gasteiger partial charge in [-0.15, -0.1) is 0 Å². The molecule has 1 atom stereocenters. The highest BCUT2D eigenvalue weighted by atomic mass is 35.5. The summed E-state index contributed by atoms with van der Waals surface area (Å²) in [7, 11) is 5.74. The fourth-order valence-corrected chi connectivity index (χ4v) is 2.17. The summed E-state index contributed by atoms with van der Waals surface area (Å²) in [6, 6.07) is 6.10. The maximum absolute atomic E-state index is 6.08. The lowest BCUT2D eigenvalue weighted by Crippen LogP contribution is -2.27. The van der Waals surface area contributed by atoms with E-state index in [4.69, 9.17) is 22.1 Å². The zero-order chi connectivity index (χ0) is 14.3. The number of hydrogen-bond donors (Lipinski definition) is 2. The molecule has 3 N–H and O–H groups in total. The van der Waals surface area contributed by atoms with E-state index in [0.29, 0.717) is 13.2 Å². The normalized spacial score (nSPS) is 12.3. The van der Waals surface area contributed by atoms with Crippen molar-refractivity contribution in [2.45, 2.75) is 18.9 Å². The molecule has 1 rings (SSSR count). The molecule has 0 saturated carbocycles. The van der Waals surface area contributed by atoms with E-state index in [9.17, 15) is 0 Å². The van der Waals surface area contributed by atoms with Crippen LogP contribution in [0.2, 0.25) is 5.02 Å². The molecule has 0 heterocycles. The highest BCUT2D eigenvalue weighted by molar-refractivity contribution is 6.31. The Morgan fingerprint density at radius 1 is 1.42 bits per heavy atom. The molecule has 1 aromatic rings. The number of ether oxygens (including phenoxy) is 1. The number of rotatable bonds is 8. The Hall–Kier alpha value is -0.970. The standard InChI is InChI=1S/C14H24ClN3O/c1-18(2)14-7-6-11(15)9-13(14)17-12(10-19-3)5-4-8-16/h6-7,9,12,17H,4-5,8,10,16H2,1-3H3. The smallest absolute Gasteiger partial charge is 0.0664 e. The predicted molar refractivity (Wildman–Crippen MR) is 83.4 cm³/mol. The average molecular weight is 286 g/mol. The lowest BCUT2D eigenvalue weighted by atomic mass is 10.1. The highest BCUT2D eigenvalue weighted by Crippen LogP contribution is 2.28. The summed E-state index contributed by atoms with van der Waals surface area (Å²) < 4.78 is 5.25. The van der Waals surface area contributed by atoms with Crippen molar-refractivity contribution in [2.75, 3.05) is 44.6 Å². The van der Waals surface area contributed by atoms with Gasteiger partial charge < -0.3 is 20.7 Å². The lowest BCUT2D eigenvalue weighted by molar-refractivity contribution is 0.182. The number of nitrogens with one attached hydrogen (secondary N) is 1. The molecule has 5 heteroatoms. The molecule has 19 heavy (non-hydrogen) atoms. The van der Waals surface area contributed by atoms with Crippen LogP contribution < -0.4 is 16.0 Å². The van der Waals surface area contributed by atoms with Crippen molar-refractivity contribution < 1.29 is 4.74 Å². The fourth-order valence-electron chi connectivity index (χ4n) is 2.00. The molecule has 0 aliphatic carbocycles. The molecule has 0 fully saturated rings. The van der Waals surface area contributed by atoms with Gasteiger partial charge in [-0.2, -0.15) is 0 Å². The van der Waals surface area contributed by atoms with E-state index in [1.165, 1.54) is 0 Å². The van der Waals surface area contributed by atoms with Crippen LogP contribution in [0.1, 0.15) is 12.8 Å². The molecular formula is C14H24ClN3O. The minimum Gasteiger partial charge on any atom is -0.383 e. The van der Waals surface area contributed by atoms with Gasteiger partial charge in [-0.1, -0.05) is 11.6 Å². The summed E-state index contributed by atoms with van der Waals surface area (Å²) in [5, 5.41) is 4.22.